The summed E-state index contributed by atoms with van der Waals surface area (Å²) in [4.78, 5) is 27.5. The van der Waals surface area contributed by atoms with E-state index in [9.17, 15) is 18.0 Å². The minimum Gasteiger partial charge on any atom is -0.493 e. The summed E-state index contributed by atoms with van der Waals surface area (Å²) in [5.74, 6) is 1.13. The molecule has 0 spiro atoms. The summed E-state index contributed by atoms with van der Waals surface area (Å²) in [6.45, 7) is -0.145. The number of hydrogen-bond acceptors (Lipinski definition) is 8. The van der Waals surface area contributed by atoms with E-state index in [0.29, 0.717) is 29.4 Å². The fourth-order valence-corrected chi connectivity index (χ4v) is 4.25. The van der Waals surface area contributed by atoms with Crippen molar-refractivity contribution in [3.63, 3.8) is 0 Å². The van der Waals surface area contributed by atoms with Gasteiger partial charge in [0, 0.05) is 13.6 Å². The van der Waals surface area contributed by atoms with Crippen molar-refractivity contribution < 1.29 is 37.0 Å². The molecule has 2 aromatic carbocycles. The van der Waals surface area contributed by atoms with E-state index < -0.39 is 16.1 Å². The number of hydrogen-bond donors (Lipinski definition) is 1. The molecule has 2 amide bonds. The minimum atomic E-state index is -4.18. The van der Waals surface area contributed by atoms with Gasteiger partial charge in [-0.05, 0) is 42.3 Å². The predicted octanol–water partition coefficient (Wildman–Crippen LogP) is 1.56. The van der Waals surface area contributed by atoms with Gasteiger partial charge in [-0.3, -0.25) is 4.79 Å². The monoisotopic (exact) mass is 479 g/mol. The number of methoxy groups -OCH3 is 3. The van der Waals surface area contributed by atoms with Crippen LogP contribution in [0.15, 0.2) is 41.3 Å². The number of likely N-dealkylation sites (N-methyl/N-ethyl adjacent to an activating group) is 1. The van der Waals surface area contributed by atoms with Gasteiger partial charge in [0.1, 0.15) is 5.75 Å². The number of amides is 2. The lowest BCUT2D eigenvalue weighted by Crippen LogP contribution is -2.47. The molecule has 3 rings (SSSR count). The van der Waals surface area contributed by atoms with Gasteiger partial charge in [-0.15, -0.1) is 4.83 Å². The summed E-state index contributed by atoms with van der Waals surface area (Å²) in [5, 5.41) is 0.858. The molecule has 1 aliphatic rings. The molecule has 0 aliphatic carbocycles. The molecule has 0 saturated heterocycles. The molecule has 0 unspecified atom stereocenters. The maximum Gasteiger partial charge on any atom is 0.424 e. The number of carbonyl (C=O) groups excluding carboxylic acids is 2. The lowest BCUT2D eigenvalue weighted by atomic mass is 10.1. The van der Waals surface area contributed by atoms with Gasteiger partial charge in [0.15, 0.2) is 18.1 Å². The molecule has 0 atom stereocenters. The van der Waals surface area contributed by atoms with E-state index in [1.807, 2.05) is 0 Å². The molecule has 178 valence electrons. The van der Waals surface area contributed by atoms with Gasteiger partial charge in [0.05, 0.1) is 31.9 Å². The SMILES string of the molecule is COC(=O)N(CCc1ccc(OC)c(OC)c1)NS(=O)(=O)c1ccc2c(c1)N(C)C(=O)CO2. The number of sulfonamides is 1. The Balaban J connectivity index is 1.80. The van der Waals surface area contributed by atoms with Crippen molar-refractivity contribution in [2.45, 2.75) is 11.3 Å². The Labute approximate surface area is 191 Å². The highest BCUT2D eigenvalue weighted by Gasteiger charge is 2.27. The summed E-state index contributed by atoms with van der Waals surface area (Å²) in [6.07, 6.45) is -0.583. The molecule has 1 N–H and O–H groups in total. The van der Waals surface area contributed by atoms with Gasteiger partial charge < -0.3 is 23.8 Å². The maximum atomic E-state index is 13.0. The van der Waals surface area contributed by atoms with Crippen molar-refractivity contribution >= 4 is 27.7 Å². The number of nitrogens with zero attached hydrogens (tertiary/aromatic N) is 2. The third kappa shape index (κ3) is 5.29. The number of nitrogens with one attached hydrogen (secondary N) is 1. The van der Waals surface area contributed by atoms with Crippen LogP contribution in [0.1, 0.15) is 5.56 Å². The molecular weight excluding hydrogens is 454 g/mol. The maximum absolute atomic E-state index is 13.0. The van der Waals surface area contributed by atoms with Crippen molar-refractivity contribution in [2.75, 3.05) is 46.4 Å². The van der Waals surface area contributed by atoms with Crippen LogP contribution in [-0.4, -0.2) is 67.0 Å². The lowest BCUT2D eigenvalue weighted by molar-refractivity contribution is -0.121. The standard InChI is InChI=1S/C21H25N3O8S/c1-23-16-12-15(6-8-17(16)32-13-20(23)25)33(27,28)22-24(21(26)31-4)10-9-14-5-7-18(29-2)19(11-14)30-3/h5-8,11-12,22H,9-10,13H2,1-4H3. The molecule has 0 saturated carbocycles. The number of carbonyl (C=O) groups is 2. The molecule has 33 heavy (non-hydrogen) atoms. The van der Waals surface area contributed by atoms with Gasteiger partial charge in [-0.2, -0.15) is 0 Å². The Morgan fingerprint density at radius 2 is 1.85 bits per heavy atom. The Kier molecular flexibility index (Phi) is 7.29. The van der Waals surface area contributed by atoms with E-state index in [0.717, 1.165) is 17.7 Å². The normalized spacial score (nSPS) is 13.1. The predicted molar refractivity (Wildman–Crippen MR) is 118 cm³/mol. The summed E-state index contributed by atoms with van der Waals surface area (Å²) in [5.41, 5.74) is 1.09. The first-order valence-corrected chi connectivity index (χ1v) is 11.3. The Bertz CT molecular complexity index is 1150. The first-order chi connectivity index (χ1) is 15.7. The first-order valence-electron chi connectivity index (χ1n) is 9.82. The number of rotatable bonds is 8. The second-order valence-corrected chi connectivity index (χ2v) is 8.69. The molecule has 12 heteroatoms. The molecular formula is C21H25N3O8S. The van der Waals surface area contributed by atoms with Crippen LogP contribution in [0.5, 0.6) is 17.2 Å². The number of benzene rings is 2. The van der Waals surface area contributed by atoms with Crippen LogP contribution in [0.25, 0.3) is 0 Å². The zero-order chi connectivity index (χ0) is 24.2. The van der Waals surface area contributed by atoms with Crippen LogP contribution in [-0.2, 0) is 26.0 Å². The zero-order valence-corrected chi connectivity index (χ0v) is 19.5. The minimum absolute atomic E-state index is 0.0200. The number of fused-ring (bicyclic) bond motifs is 1. The third-order valence-corrected chi connectivity index (χ3v) is 6.36. The summed E-state index contributed by atoms with van der Waals surface area (Å²) >= 11 is 0. The van der Waals surface area contributed by atoms with Gasteiger partial charge in [0.25, 0.3) is 15.9 Å². The molecule has 1 heterocycles. The Morgan fingerprint density at radius 3 is 2.52 bits per heavy atom. The molecule has 11 nitrogen and oxygen atoms in total. The van der Waals surface area contributed by atoms with E-state index >= 15 is 0 Å². The fourth-order valence-electron chi connectivity index (χ4n) is 3.18. The van der Waals surface area contributed by atoms with Crippen LogP contribution in [0.4, 0.5) is 10.5 Å². The van der Waals surface area contributed by atoms with E-state index in [2.05, 4.69) is 4.83 Å². The fraction of sp³-hybridized carbons (Fsp3) is 0.333. The molecule has 0 radical (unpaired) electrons. The van der Waals surface area contributed by atoms with Crippen LogP contribution >= 0.6 is 0 Å². The molecule has 0 fully saturated rings. The van der Waals surface area contributed by atoms with E-state index in [-0.39, 0.29) is 24.0 Å². The molecule has 0 aromatic heterocycles. The average molecular weight is 480 g/mol. The van der Waals surface area contributed by atoms with Crippen molar-refractivity contribution in [1.82, 2.24) is 9.84 Å². The van der Waals surface area contributed by atoms with Crippen molar-refractivity contribution in [3.05, 3.63) is 42.0 Å². The van der Waals surface area contributed by atoms with Crippen molar-refractivity contribution in [1.29, 1.82) is 0 Å². The molecule has 0 bridgehead atoms. The average Bonchev–Trinajstić information content (AvgIpc) is 2.83. The highest BCUT2D eigenvalue weighted by molar-refractivity contribution is 7.89. The van der Waals surface area contributed by atoms with Gasteiger partial charge >= 0.3 is 6.09 Å². The zero-order valence-electron chi connectivity index (χ0n) is 18.7. The van der Waals surface area contributed by atoms with Crippen molar-refractivity contribution in [2.24, 2.45) is 0 Å². The van der Waals surface area contributed by atoms with Crippen LogP contribution < -0.4 is 23.9 Å². The van der Waals surface area contributed by atoms with E-state index in [4.69, 9.17) is 18.9 Å². The number of anilines is 1. The number of ether oxygens (including phenoxy) is 4. The van der Waals surface area contributed by atoms with Gasteiger partial charge in [-0.25, -0.2) is 18.2 Å². The topological polar surface area (TPSA) is 124 Å². The summed E-state index contributed by atoms with van der Waals surface area (Å²) in [6, 6.07) is 9.32. The van der Waals surface area contributed by atoms with E-state index in [1.54, 1.807) is 18.2 Å². The number of hydrazine groups is 1. The third-order valence-electron chi connectivity index (χ3n) is 5.02. The first kappa shape index (κ1) is 24.1. The van der Waals surface area contributed by atoms with Gasteiger partial charge in [-0.1, -0.05) is 6.07 Å². The largest absolute Gasteiger partial charge is 0.493 e. The lowest BCUT2D eigenvalue weighted by Gasteiger charge is -2.27. The highest BCUT2D eigenvalue weighted by atomic mass is 32.2. The molecule has 2 aromatic rings. The smallest absolute Gasteiger partial charge is 0.424 e. The Hall–Kier alpha value is -3.51. The highest BCUT2D eigenvalue weighted by Crippen LogP contribution is 2.33. The van der Waals surface area contributed by atoms with E-state index in [1.165, 1.54) is 44.4 Å². The second kappa shape index (κ2) is 9.96. The van der Waals surface area contributed by atoms with Crippen molar-refractivity contribution in [3.8, 4) is 17.2 Å². The summed E-state index contributed by atoms with van der Waals surface area (Å²) in [7, 11) is 1.52. The quantitative estimate of drug-likeness (QED) is 0.566. The van der Waals surface area contributed by atoms with Crippen LogP contribution in [0.2, 0.25) is 0 Å². The van der Waals surface area contributed by atoms with Crippen LogP contribution in [0.3, 0.4) is 0 Å². The molecule has 1 aliphatic heterocycles. The van der Waals surface area contributed by atoms with Crippen LogP contribution in [0, 0.1) is 0 Å². The van der Waals surface area contributed by atoms with Gasteiger partial charge in [0.2, 0.25) is 0 Å². The Morgan fingerprint density at radius 1 is 1.12 bits per heavy atom. The summed E-state index contributed by atoms with van der Waals surface area (Å²) < 4.78 is 46.5. The second-order valence-electron chi connectivity index (χ2n) is 7.03.